The van der Waals surface area contributed by atoms with E-state index >= 15 is 0 Å². The second kappa shape index (κ2) is 7.91. The Morgan fingerprint density at radius 1 is 1.11 bits per heavy atom. The number of aromatic nitrogens is 2. The Labute approximate surface area is 114 Å². The number of nitrogens with zero attached hydrogens (tertiary/aromatic N) is 3. The molecule has 0 unspecified atom stereocenters. The van der Waals surface area contributed by atoms with Gasteiger partial charge in [0.2, 0.25) is 0 Å². The molecule has 0 atom stereocenters. The summed E-state index contributed by atoms with van der Waals surface area (Å²) in [6.45, 7) is 6.73. The Bertz CT molecular complexity index is 390. The summed E-state index contributed by atoms with van der Waals surface area (Å²) >= 11 is 0. The highest BCUT2D eigenvalue weighted by atomic mass is 16.5. The average molecular weight is 268 g/mol. The topological polar surface area (TPSA) is 73.5 Å². The van der Waals surface area contributed by atoms with Crippen molar-refractivity contribution in [1.29, 1.82) is 0 Å². The highest BCUT2D eigenvalue weighted by Gasteiger charge is 2.14. The lowest BCUT2D eigenvalue weighted by atomic mass is 10.2. The summed E-state index contributed by atoms with van der Waals surface area (Å²) in [4.78, 5) is 11.0. The van der Waals surface area contributed by atoms with Crippen molar-refractivity contribution in [3.05, 3.63) is 11.4 Å². The number of nitrogens with two attached hydrogens (primary N) is 1. The zero-order valence-corrected chi connectivity index (χ0v) is 12.3. The van der Waals surface area contributed by atoms with Gasteiger partial charge in [0, 0.05) is 39.3 Å². The molecule has 0 aliphatic heterocycles. The molecule has 1 aromatic heterocycles. The van der Waals surface area contributed by atoms with Gasteiger partial charge in [-0.15, -0.1) is 0 Å². The van der Waals surface area contributed by atoms with Gasteiger partial charge in [0.05, 0.1) is 13.2 Å². The van der Waals surface area contributed by atoms with Gasteiger partial charge < -0.3 is 20.1 Å². The van der Waals surface area contributed by atoms with Gasteiger partial charge in [-0.3, -0.25) is 0 Å². The van der Waals surface area contributed by atoms with Gasteiger partial charge in [0.1, 0.15) is 17.5 Å². The van der Waals surface area contributed by atoms with Crippen LogP contribution < -0.4 is 10.6 Å². The summed E-state index contributed by atoms with van der Waals surface area (Å²) in [7, 11) is 3.38. The van der Waals surface area contributed by atoms with Crippen LogP contribution in [-0.2, 0) is 15.9 Å². The van der Waals surface area contributed by atoms with E-state index < -0.39 is 0 Å². The largest absolute Gasteiger partial charge is 0.383 e. The average Bonchev–Trinajstić information content (AvgIpc) is 2.42. The number of anilines is 2. The molecule has 0 bridgehead atoms. The Morgan fingerprint density at radius 3 is 2.16 bits per heavy atom. The van der Waals surface area contributed by atoms with Crippen molar-refractivity contribution in [2.45, 2.75) is 20.3 Å². The van der Waals surface area contributed by atoms with Crippen LogP contribution in [0.25, 0.3) is 0 Å². The van der Waals surface area contributed by atoms with Crippen LogP contribution in [0.3, 0.4) is 0 Å². The maximum absolute atomic E-state index is 5.95. The number of hydrogen-bond acceptors (Lipinski definition) is 6. The van der Waals surface area contributed by atoms with Gasteiger partial charge in [-0.05, 0) is 6.92 Å². The highest BCUT2D eigenvalue weighted by Crippen LogP contribution is 2.21. The Balaban J connectivity index is 3.01. The lowest BCUT2D eigenvalue weighted by Gasteiger charge is -2.25. The molecule has 0 aliphatic carbocycles. The molecule has 0 aromatic carbocycles. The van der Waals surface area contributed by atoms with E-state index in [1.165, 1.54) is 0 Å². The normalized spacial score (nSPS) is 10.7. The zero-order chi connectivity index (χ0) is 14.3. The molecular formula is C13H24N4O2. The van der Waals surface area contributed by atoms with Gasteiger partial charge in [-0.25, -0.2) is 9.97 Å². The molecule has 6 nitrogen and oxygen atoms in total. The third-order valence-corrected chi connectivity index (χ3v) is 2.95. The molecule has 1 rings (SSSR count). The van der Waals surface area contributed by atoms with E-state index in [9.17, 15) is 0 Å². The molecule has 1 heterocycles. The standard InChI is InChI=1S/C13H24N4O2/c1-5-11-15-12(14)10(2)13(16-11)17(6-8-18-3)7-9-19-4/h5-9H2,1-4H3,(H2,14,15,16). The molecule has 2 N–H and O–H groups in total. The van der Waals surface area contributed by atoms with E-state index in [4.69, 9.17) is 15.2 Å². The van der Waals surface area contributed by atoms with Crippen LogP contribution in [0.1, 0.15) is 18.3 Å². The van der Waals surface area contributed by atoms with Crippen molar-refractivity contribution >= 4 is 11.6 Å². The van der Waals surface area contributed by atoms with Crippen LogP contribution in [0.5, 0.6) is 0 Å². The molecule has 0 spiro atoms. The van der Waals surface area contributed by atoms with Crippen molar-refractivity contribution in [1.82, 2.24) is 9.97 Å². The minimum Gasteiger partial charge on any atom is -0.383 e. The minimum atomic E-state index is 0.543. The summed E-state index contributed by atoms with van der Waals surface area (Å²) in [5, 5.41) is 0. The Kier molecular flexibility index (Phi) is 6.52. The fraction of sp³-hybridized carbons (Fsp3) is 0.692. The zero-order valence-electron chi connectivity index (χ0n) is 12.3. The number of aryl methyl sites for hydroxylation is 1. The van der Waals surface area contributed by atoms with Crippen LogP contribution >= 0.6 is 0 Å². The smallest absolute Gasteiger partial charge is 0.137 e. The maximum Gasteiger partial charge on any atom is 0.137 e. The summed E-state index contributed by atoms with van der Waals surface area (Å²) < 4.78 is 10.3. The van der Waals surface area contributed by atoms with Crippen LogP contribution in [0, 0.1) is 6.92 Å². The second-order valence-corrected chi connectivity index (χ2v) is 4.30. The van der Waals surface area contributed by atoms with Crippen molar-refractivity contribution in [3.8, 4) is 0 Å². The molecule has 0 aliphatic rings. The van der Waals surface area contributed by atoms with E-state index in [-0.39, 0.29) is 0 Å². The van der Waals surface area contributed by atoms with Crippen LogP contribution in [0.4, 0.5) is 11.6 Å². The first-order valence-electron chi connectivity index (χ1n) is 6.49. The number of nitrogen functional groups attached to an aromatic ring is 1. The van der Waals surface area contributed by atoms with E-state index in [0.29, 0.717) is 19.0 Å². The molecular weight excluding hydrogens is 244 g/mol. The van der Waals surface area contributed by atoms with E-state index in [1.54, 1.807) is 14.2 Å². The van der Waals surface area contributed by atoms with E-state index in [0.717, 1.165) is 36.7 Å². The summed E-state index contributed by atoms with van der Waals surface area (Å²) in [5.41, 5.74) is 6.86. The first kappa shape index (κ1) is 15.7. The maximum atomic E-state index is 5.95. The third-order valence-electron chi connectivity index (χ3n) is 2.95. The molecule has 6 heteroatoms. The van der Waals surface area contributed by atoms with Gasteiger partial charge in [-0.2, -0.15) is 0 Å². The number of hydrogen-bond donors (Lipinski definition) is 1. The van der Waals surface area contributed by atoms with Crippen molar-refractivity contribution in [2.75, 3.05) is 51.2 Å². The lowest BCUT2D eigenvalue weighted by molar-refractivity contribution is 0.190. The predicted octanol–water partition coefficient (Wildman–Crippen LogP) is 1.03. The lowest BCUT2D eigenvalue weighted by Crippen LogP contribution is -2.32. The number of rotatable bonds is 8. The SMILES string of the molecule is CCc1nc(N)c(C)c(N(CCOC)CCOC)n1. The van der Waals surface area contributed by atoms with Crippen LogP contribution in [-0.4, -0.2) is 50.5 Å². The van der Waals surface area contributed by atoms with E-state index in [2.05, 4.69) is 14.9 Å². The number of methoxy groups -OCH3 is 2. The fourth-order valence-corrected chi connectivity index (χ4v) is 1.76. The highest BCUT2D eigenvalue weighted by molar-refractivity contribution is 5.56. The third kappa shape index (κ3) is 4.33. The molecule has 0 amide bonds. The minimum absolute atomic E-state index is 0.543. The Morgan fingerprint density at radius 2 is 1.68 bits per heavy atom. The quantitative estimate of drug-likeness (QED) is 0.759. The summed E-state index contributed by atoms with van der Waals surface area (Å²) in [5.74, 6) is 2.18. The second-order valence-electron chi connectivity index (χ2n) is 4.30. The molecule has 0 saturated heterocycles. The number of ether oxygens (including phenoxy) is 2. The van der Waals surface area contributed by atoms with Gasteiger partial charge in [0.25, 0.3) is 0 Å². The van der Waals surface area contributed by atoms with Crippen molar-refractivity contribution in [2.24, 2.45) is 0 Å². The summed E-state index contributed by atoms with van der Waals surface area (Å²) in [6, 6.07) is 0. The molecule has 0 saturated carbocycles. The molecule has 1 aromatic rings. The van der Waals surface area contributed by atoms with Gasteiger partial charge in [-0.1, -0.05) is 6.92 Å². The van der Waals surface area contributed by atoms with Crippen LogP contribution in [0.2, 0.25) is 0 Å². The summed E-state index contributed by atoms with van der Waals surface area (Å²) in [6.07, 6.45) is 0.764. The van der Waals surface area contributed by atoms with Crippen molar-refractivity contribution in [3.63, 3.8) is 0 Å². The fourth-order valence-electron chi connectivity index (χ4n) is 1.76. The molecule has 0 fully saturated rings. The Hall–Kier alpha value is -1.40. The predicted molar refractivity (Wildman–Crippen MR) is 76.5 cm³/mol. The monoisotopic (exact) mass is 268 g/mol. The van der Waals surface area contributed by atoms with Gasteiger partial charge >= 0.3 is 0 Å². The van der Waals surface area contributed by atoms with Crippen LogP contribution in [0.15, 0.2) is 0 Å². The molecule has 19 heavy (non-hydrogen) atoms. The van der Waals surface area contributed by atoms with Gasteiger partial charge in [0.15, 0.2) is 0 Å². The first-order chi connectivity index (χ1) is 9.13. The molecule has 108 valence electrons. The van der Waals surface area contributed by atoms with E-state index in [1.807, 2.05) is 13.8 Å². The first-order valence-corrected chi connectivity index (χ1v) is 6.49. The molecule has 0 radical (unpaired) electrons. The van der Waals surface area contributed by atoms with Crippen molar-refractivity contribution < 1.29 is 9.47 Å².